The standard InChI is InChI=1S/C22H35N3O4/c1-16(2)9-8-10-17(26)13-14-19-18(20(24-25-23)15-21(19)27)11-6-4-5-7-12-22(28)29-3/h4,6,9,13-14,17-21,26-27H,5,7-8,10-12,15H2,1-3H3/t17-,18+,19+,20-,21+/m0/s1. The van der Waals surface area contributed by atoms with Crippen molar-refractivity contribution in [1.82, 2.24) is 0 Å². The molecule has 1 rings (SSSR count). The number of azide groups is 1. The van der Waals surface area contributed by atoms with E-state index >= 15 is 0 Å². The lowest BCUT2D eigenvalue weighted by Crippen LogP contribution is -2.19. The lowest BCUT2D eigenvalue weighted by Gasteiger charge is -2.20. The van der Waals surface area contributed by atoms with E-state index in [0.717, 1.165) is 19.3 Å². The van der Waals surface area contributed by atoms with Gasteiger partial charge in [-0.2, -0.15) is 0 Å². The van der Waals surface area contributed by atoms with Crippen molar-refractivity contribution in [3.63, 3.8) is 0 Å². The molecule has 0 heterocycles. The minimum Gasteiger partial charge on any atom is -0.469 e. The summed E-state index contributed by atoms with van der Waals surface area (Å²) in [5.74, 6) is -0.392. The predicted octanol–water partition coefficient (Wildman–Crippen LogP) is 4.62. The summed E-state index contributed by atoms with van der Waals surface area (Å²) in [6.07, 6.45) is 13.0. The Bertz CT molecular complexity index is 634. The van der Waals surface area contributed by atoms with Crippen LogP contribution in [-0.4, -0.2) is 41.5 Å². The molecule has 0 aromatic rings. The Labute approximate surface area is 173 Å². The molecular formula is C22H35N3O4. The second-order valence-electron chi connectivity index (χ2n) is 7.80. The molecule has 7 heteroatoms. The highest BCUT2D eigenvalue weighted by atomic mass is 16.5. The van der Waals surface area contributed by atoms with E-state index in [0.29, 0.717) is 25.7 Å². The fourth-order valence-corrected chi connectivity index (χ4v) is 3.64. The number of aliphatic hydroxyl groups is 2. The molecule has 1 aliphatic carbocycles. The number of nitrogens with zero attached hydrogens (tertiary/aromatic N) is 3. The van der Waals surface area contributed by atoms with Gasteiger partial charge in [0.2, 0.25) is 0 Å². The van der Waals surface area contributed by atoms with Gasteiger partial charge in [-0.3, -0.25) is 4.79 Å². The third kappa shape index (κ3) is 9.79. The van der Waals surface area contributed by atoms with Gasteiger partial charge in [0.25, 0.3) is 0 Å². The number of aliphatic hydroxyl groups excluding tert-OH is 2. The van der Waals surface area contributed by atoms with E-state index in [1.54, 1.807) is 6.08 Å². The SMILES string of the molecule is COC(=O)CCCC=CC[C@@H]1[C@@H](C=C[C@@H](O)CCC=C(C)C)[C@H](O)C[C@@H]1N=[N+]=[N-]. The van der Waals surface area contributed by atoms with Crippen LogP contribution in [0.3, 0.4) is 0 Å². The first-order valence-corrected chi connectivity index (χ1v) is 10.3. The van der Waals surface area contributed by atoms with Gasteiger partial charge in [0.1, 0.15) is 0 Å². The van der Waals surface area contributed by atoms with Gasteiger partial charge in [-0.1, -0.05) is 41.1 Å². The molecular weight excluding hydrogens is 370 g/mol. The Morgan fingerprint density at radius 1 is 1.34 bits per heavy atom. The van der Waals surface area contributed by atoms with Gasteiger partial charge >= 0.3 is 5.97 Å². The van der Waals surface area contributed by atoms with Crippen molar-refractivity contribution in [1.29, 1.82) is 0 Å². The Morgan fingerprint density at radius 3 is 2.76 bits per heavy atom. The first-order valence-electron chi connectivity index (χ1n) is 10.3. The molecule has 0 spiro atoms. The number of carbonyl (C=O) groups is 1. The van der Waals surface area contributed by atoms with Crippen molar-refractivity contribution < 1.29 is 19.7 Å². The van der Waals surface area contributed by atoms with E-state index in [4.69, 9.17) is 5.53 Å². The minimum absolute atomic E-state index is 0.0148. The monoisotopic (exact) mass is 405 g/mol. The van der Waals surface area contributed by atoms with Crippen molar-refractivity contribution in [3.8, 4) is 0 Å². The molecule has 1 saturated carbocycles. The second kappa shape index (κ2) is 14.0. The summed E-state index contributed by atoms with van der Waals surface area (Å²) in [6, 6.07) is -0.271. The third-order valence-electron chi connectivity index (χ3n) is 5.24. The predicted molar refractivity (Wildman–Crippen MR) is 114 cm³/mol. The van der Waals surface area contributed by atoms with E-state index < -0.39 is 12.2 Å². The highest BCUT2D eigenvalue weighted by Gasteiger charge is 2.39. The number of esters is 1. The van der Waals surface area contributed by atoms with Gasteiger partial charge in [0.15, 0.2) is 0 Å². The van der Waals surface area contributed by atoms with Crippen molar-refractivity contribution in [2.45, 2.75) is 77.0 Å². The Balaban J connectivity index is 2.65. The highest BCUT2D eigenvalue weighted by Crippen LogP contribution is 2.38. The van der Waals surface area contributed by atoms with Crippen molar-refractivity contribution in [3.05, 3.63) is 46.4 Å². The highest BCUT2D eigenvalue weighted by molar-refractivity contribution is 5.69. The van der Waals surface area contributed by atoms with Crippen molar-refractivity contribution in [2.75, 3.05) is 7.11 Å². The molecule has 0 saturated heterocycles. The quantitative estimate of drug-likeness (QED) is 0.123. The maximum absolute atomic E-state index is 11.1. The number of hydrogen-bond donors (Lipinski definition) is 2. The number of rotatable bonds is 12. The average Bonchev–Trinajstić information content (AvgIpc) is 2.97. The molecule has 1 fully saturated rings. The van der Waals surface area contributed by atoms with Crippen LogP contribution < -0.4 is 0 Å². The van der Waals surface area contributed by atoms with Crippen molar-refractivity contribution >= 4 is 5.97 Å². The van der Waals surface area contributed by atoms with Crippen LogP contribution in [-0.2, 0) is 9.53 Å². The van der Waals surface area contributed by atoms with Crippen LogP contribution in [0.15, 0.2) is 41.1 Å². The van der Waals surface area contributed by atoms with E-state index in [1.807, 2.05) is 32.1 Å². The Hall–Kier alpha value is -2.08. The van der Waals surface area contributed by atoms with E-state index in [-0.39, 0.29) is 23.8 Å². The smallest absolute Gasteiger partial charge is 0.305 e. The number of hydrogen-bond acceptors (Lipinski definition) is 5. The van der Waals surface area contributed by atoms with E-state index in [1.165, 1.54) is 12.7 Å². The molecule has 0 aromatic heterocycles. The van der Waals surface area contributed by atoms with Gasteiger partial charge in [-0.25, -0.2) is 0 Å². The Morgan fingerprint density at radius 2 is 2.10 bits per heavy atom. The van der Waals surface area contributed by atoms with Gasteiger partial charge < -0.3 is 14.9 Å². The van der Waals surface area contributed by atoms with Gasteiger partial charge in [-0.05, 0) is 63.8 Å². The summed E-state index contributed by atoms with van der Waals surface area (Å²) in [7, 11) is 1.38. The summed E-state index contributed by atoms with van der Waals surface area (Å²) in [5.41, 5.74) is 10.1. The zero-order valence-corrected chi connectivity index (χ0v) is 17.8. The first kappa shape index (κ1) is 25.0. The molecule has 162 valence electrons. The van der Waals surface area contributed by atoms with Gasteiger partial charge in [0, 0.05) is 23.3 Å². The lowest BCUT2D eigenvalue weighted by atomic mass is 9.88. The van der Waals surface area contributed by atoms with Crippen molar-refractivity contribution in [2.24, 2.45) is 17.0 Å². The fourth-order valence-electron chi connectivity index (χ4n) is 3.64. The molecule has 1 aliphatic rings. The van der Waals surface area contributed by atoms with Crippen LogP contribution in [0.5, 0.6) is 0 Å². The largest absolute Gasteiger partial charge is 0.469 e. The molecule has 2 N–H and O–H groups in total. The number of allylic oxidation sites excluding steroid dienone is 4. The third-order valence-corrected chi connectivity index (χ3v) is 5.24. The summed E-state index contributed by atoms with van der Waals surface area (Å²) in [6.45, 7) is 4.06. The Kier molecular flexibility index (Phi) is 12.0. The molecule has 29 heavy (non-hydrogen) atoms. The average molecular weight is 406 g/mol. The molecule has 5 atom stereocenters. The van der Waals surface area contributed by atoms with Crippen LogP contribution in [0.1, 0.15) is 58.8 Å². The van der Waals surface area contributed by atoms with Crippen LogP contribution in [0.4, 0.5) is 0 Å². The molecule has 0 bridgehead atoms. The van der Waals surface area contributed by atoms with Crippen LogP contribution >= 0.6 is 0 Å². The zero-order chi connectivity index (χ0) is 21.6. The normalized spacial score (nSPS) is 25.1. The number of ether oxygens (including phenoxy) is 1. The number of unbranched alkanes of at least 4 members (excludes halogenated alkanes) is 1. The summed E-state index contributed by atoms with van der Waals surface area (Å²) in [5, 5.41) is 24.5. The van der Waals surface area contributed by atoms with Crippen LogP contribution in [0.2, 0.25) is 0 Å². The maximum atomic E-state index is 11.1. The minimum atomic E-state index is -0.593. The molecule has 0 aromatic carbocycles. The number of methoxy groups -OCH3 is 1. The first-order chi connectivity index (χ1) is 13.9. The summed E-state index contributed by atoms with van der Waals surface area (Å²) in [4.78, 5) is 14.1. The molecule has 7 nitrogen and oxygen atoms in total. The fraction of sp³-hybridized carbons (Fsp3) is 0.682. The molecule has 0 aliphatic heterocycles. The summed E-state index contributed by atoms with van der Waals surface area (Å²) < 4.78 is 4.62. The maximum Gasteiger partial charge on any atom is 0.305 e. The molecule has 0 radical (unpaired) electrons. The van der Waals surface area contributed by atoms with Crippen LogP contribution in [0, 0.1) is 11.8 Å². The number of carbonyl (C=O) groups excluding carboxylic acids is 1. The summed E-state index contributed by atoms with van der Waals surface area (Å²) >= 11 is 0. The van der Waals surface area contributed by atoms with Crippen LogP contribution in [0.25, 0.3) is 10.4 Å². The van der Waals surface area contributed by atoms with E-state index in [9.17, 15) is 15.0 Å². The molecule has 0 amide bonds. The zero-order valence-electron chi connectivity index (χ0n) is 17.8. The van der Waals surface area contributed by atoms with Gasteiger partial charge in [-0.15, -0.1) is 0 Å². The van der Waals surface area contributed by atoms with Gasteiger partial charge in [0.05, 0.1) is 19.3 Å². The topological polar surface area (TPSA) is 116 Å². The lowest BCUT2D eigenvalue weighted by molar-refractivity contribution is -0.140. The second-order valence-corrected chi connectivity index (χ2v) is 7.80. The molecule has 0 unspecified atom stereocenters. The van der Waals surface area contributed by atoms with E-state index in [2.05, 4.69) is 20.8 Å².